The van der Waals surface area contributed by atoms with Crippen LogP contribution < -0.4 is 4.72 Å². The van der Waals surface area contributed by atoms with E-state index in [1.54, 1.807) is 43.3 Å². The van der Waals surface area contributed by atoms with Crippen LogP contribution in [0.1, 0.15) is 42.4 Å². The van der Waals surface area contributed by atoms with E-state index < -0.39 is 10.0 Å². The van der Waals surface area contributed by atoms with Crippen LogP contribution in [0, 0.1) is 25.7 Å². The molecule has 1 saturated heterocycles. The van der Waals surface area contributed by atoms with Crippen LogP contribution in [0.25, 0.3) is 0 Å². The Hall–Kier alpha value is -2.67. The van der Waals surface area contributed by atoms with Crippen molar-refractivity contribution < 1.29 is 18.0 Å². The molecular formula is C23H26N2O4S. The fourth-order valence-electron chi connectivity index (χ4n) is 4.52. The Labute approximate surface area is 177 Å². The summed E-state index contributed by atoms with van der Waals surface area (Å²) in [5.41, 5.74) is 2.68. The van der Waals surface area contributed by atoms with Crippen molar-refractivity contribution in [3.05, 3.63) is 59.2 Å². The molecule has 1 saturated carbocycles. The maximum atomic E-state index is 13.0. The summed E-state index contributed by atoms with van der Waals surface area (Å²) in [6.07, 6.45) is 3.48. The van der Waals surface area contributed by atoms with Gasteiger partial charge in [-0.25, -0.2) is 8.42 Å². The van der Waals surface area contributed by atoms with Gasteiger partial charge in [0.2, 0.25) is 11.8 Å². The predicted octanol–water partition coefficient (Wildman–Crippen LogP) is 3.78. The standard InChI is InChI=1S/C23H26N2O4S/c1-15-6-5-7-18(12-15)24-30(28,29)21-13-17(11-10-16(21)2)14-25-22(26)19-8-3-4-9-20(19)23(25)27/h5-7,10-13,19-20,24H,3-4,8-9,14H2,1-2H3. The number of fused-ring (bicyclic) bond motifs is 1. The van der Waals surface area contributed by atoms with Gasteiger partial charge in [-0.3, -0.25) is 19.2 Å². The van der Waals surface area contributed by atoms with Gasteiger partial charge in [0.05, 0.1) is 23.3 Å². The summed E-state index contributed by atoms with van der Waals surface area (Å²) in [6, 6.07) is 12.2. The fourth-order valence-corrected chi connectivity index (χ4v) is 5.87. The molecule has 1 N–H and O–H groups in total. The highest BCUT2D eigenvalue weighted by atomic mass is 32.2. The smallest absolute Gasteiger partial charge is 0.262 e. The van der Waals surface area contributed by atoms with E-state index in [-0.39, 0.29) is 35.1 Å². The first kappa shape index (κ1) is 20.6. The summed E-state index contributed by atoms with van der Waals surface area (Å²) >= 11 is 0. The first-order valence-electron chi connectivity index (χ1n) is 10.3. The van der Waals surface area contributed by atoms with E-state index in [4.69, 9.17) is 0 Å². The normalized spacial score (nSPS) is 21.6. The molecule has 2 aliphatic rings. The quantitative estimate of drug-likeness (QED) is 0.738. The minimum Gasteiger partial charge on any atom is -0.280 e. The molecule has 1 heterocycles. The second-order valence-corrected chi connectivity index (χ2v) is 9.99. The van der Waals surface area contributed by atoms with Crippen molar-refractivity contribution in [1.29, 1.82) is 0 Å². The van der Waals surface area contributed by atoms with E-state index in [0.717, 1.165) is 31.2 Å². The molecule has 6 nitrogen and oxygen atoms in total. The van der Waals surface area contributed by atoms with Gasteiger partial charge in [0.15, 0.2) is 0 Å². The molecule has 0 spiro atoms. The zero-order chi connectivity index (χ0) is 21.5. The van der Waals surface area contributed by atoms with Crippen LogP contribution in [0.3, 0.4) is 0 Å². The highest BCUT2D eigenvalue weighted by Gasteiger charge is 2.47. The first-order valence-corrected chi connectivity index (χ1v) is 11.8. The Bertz CT molecular complexity index is 1090. The molecule has 0 aromatic heterocycles. The second kappa shape index (κ2) is 7.87. The third kappa shape index (κ3) is 3.86. The molecule has 2 amide bonds. The van der Waals surface area contributed by atoms with Crippen LogP contribution in [0.15, 0.2) is 47.4 Å². The van der Waals surface area contributed by atoms with Crippen LogP contribution in [-0.2, 0) is 26.2 Å². The number of aryl methyl sites for hydroxylation is 2. The lowest BCUT2D eigenvalue weighted by atomic mass is 9.81. The fraction of sp³-hybridized carbons (Fsp3) is 0.391. The largest absolute Gasteiger partial charge is 0.280 e. The number of nitrogens with one attached hydrogen (secondary N) is 1. The predicted molar refractivity (Wildman–Crippen MR) is 114 cm³/mol. The van der Waals surface area contributed by atoms with Crippen LogP contribution in [0.4, 0.5) is 5.69 Å². The average Bonchev–Trinajstić information content (AvgIpc) is 2.94. The number of hydrogen-bond donors (Lipinski definition) is 1. The van der Waals surface area contributed by atoms with Crippen molar-refractivity contribution in [2.45, 2.75) is 51.0 Å². The number of rotatable bonds is 5. The summed E-state index contributed by atoms with van der Waals surface area (Å²) in [5, 5.41) is 0. The monoisotopic (exact) mass is 426 g/mol. The SMILES string of the molecule is Cc1cccc(NS(=O)(=O)c2cc(CN3C(=O)C4CCCCC4C3=O)ccc2C)c1. The zero-order valence-corrected chi connectivity index (χ0v) is 18.0. The molecule has 1 aliphatic heterocycles. The summed E-state index contributed by atoms with van der Waals surface area (Å²) < 4.78 is 28.6. The molecule has 0 bridgehead atoms. The number of sulfonamides is 1. The zero-order valence-electron chi connectivity index (χ0n) is 17.2. The molecule has 7 heteroatoms. The molecule has 2 aromatic carbocycles. The topological polar surface area (TPSA) is 83.6 Å². The van der Waals surface area contributed by atoms with E-state index >= 15 is 0 Å². The lowest BCUT2D eigenvalue weighted by molar-refractivity contribution is -0.140. The molecule has 1 aliphatic carbocycles. The van der Waals surface area contributed by atoms with Crippen molar-refractivity contribution in [1.82, 2.24) is 4.90 Å². The maximum absolute atomic E-state index is 13.0. The number of imide groups is 1. The van der Waals surface area contributed by atoms with Gasteiger partial charge < -0.3 is 0 Å². The average molecular weight is 427 g/mol. The summed E-state index contributed by atoms with van der Waals surface area (Å²) in [6.45, 7) is 3.73. The summed E-state index contributed by atoms with van der Waals surface area (Å²) in [7, 11) is -3.80. The third-order valence-corrected chi connectivity index (χ3v) is 7.61. The molecule has 2 aromatic rings. The molecule has 2 fully saturated rings. The van der Waals surface area contributed by atoms with Crippen LogP contribution in [0.5, 0.6) is 0 Å². The van der Waals surface area contributed by atoms with Gasteiger partial charge in [-0.05, 0) is 61.6 Å². The van der Waals surface area contributed by atoms with Gasteiger partial charge in [-0.1, -0.05) is 37.1 Å². The molecule has 2 atom stereocenters. The highest BCUT2D eigenvalue weighted by Crippen LogP contribution is 2.38. The van der Waals surface area contributed by atoms with Crippen molar-refractivity contribution in [2.75, 3.05) is 4.72 Å². The summed E-state index contributed by atoms with van der Waals surface area (Å²) in [4.78, 5) is 27.0. The van der Waals surface area contributed by atoms with Gasteiger partial charge in [0.25, 0.3) is 10.0 Å². The Morgan fingerprint density at radius 2 is 1.63 bits per heavy atom. The van der Waals surface area contributed by atoms with Gasteiger partial charge in [-0.2, -0.15) is 0 Å². The number of carbonyl (C=O) groups is 2. The van der Waals surface area contributed by atoms with E-state index in [0.29, 0.717) is 16.8 Å². The number of benzene rings is 2. The van der Waals surface area contributed by atoms with Crippen molar-refractivity contribution in [3.63, 3.8) is 0 Å². The number of anilines is 1. The maximum Gasteiger partial charge on any atom is 0.262 e. The third-order valence-electron chi connectivity index (χ3n) is 6.09. The molecule has 2 unspecified atom stereocenters. The number of amides is 2. The second-order valence-electron chi connectivity index (χ2n) is 8.33. The van der Waals surface area contributed by atoms with Crippen LogP contribution >= 0.6 is 0 Å². The molecular weight excluding hydrogens is 400 g/mol. The van der Waals surface area contributed by atoms with Crippen LogP contribution in [0.2, 0.25) is 0 Å². The van der Waals surface area contributed by atoms with Gasteiger partial charge in [0, 0.05) is 5.69 Å². The van der Waals surface area contributed by atoms with Crippen LogP contribution in [-0.4, -0.2) is 25.1 Å². The number of likely N-dealkylation sites (tertiary alicyclic amines) is 1. The lowest BCUT2D eigenvalue weighted by Crippen LogP contribution is -2.30. The van der Waals surface area contributed by atoms with Crippen molar-refractivity contribution in [3.8, 4) is 0 Å². The minimum atomic E-state index is -3.80. The minimum absolute atomic E-state index is 0.109. The van der Waals surface area contributed by atoms with E-state index in [2.05, 4.69) is 4.72 Å². The summed E-state index contributed by atoms with van der Waals surface area (Å²) in [5.74, 6) is -0.647. The first-order chi connectivity index (χ1) is 14.3. The van der Waals surface area contributed by atoms with Gasteiger partial charge in [-0.15, -0.1) is 0 Å². The Balaban J connectivity index is 1.59. The Morgan fingerprint density at radius 3 is 2.27 bits per heavy atom. The number of hydrogen-bond acceptors (Lipinski definition) is 4. The van der Waals surface area contributed by atoms with Gasteiger partial charge >= 0.3 is 0 Å². The highest BCUT2D eigenvalue weighted by molar-refractivity contribution is 7.92. The molecule has 158 valence electrons. The number of carbonyl (C=O) groups excluding carboxylic acids is 2. The van der Waals surface area contributed by atoms with E-state index in [1.165, 1.54) is 4.90 Å². The number of nitrogens with zero attached hydrogens (tertiary/aromatic N) is 1. The Kier molecular flexibility index (Phi) is 5.40. The van der Waals surface area contributed by atoms with Gasteiger partial charge in [0.1, 0.15) is 0 Å². The van der Waals surface area contributed by atoms with Crippen molar-refractivity contribution in [2.24, 2.45) is 11.8 Å². The van der Waals surface area contributed by atoms with E-state index in [1.807, 2.05) is 13.0 Å². The lowest BCUT2D eigenvalue weighted by Gasteiger charge is -2.19. The Morgan fingerprint density at radius 1 is 0.967 bits per heavy atom. The molecule has 0 radical (unpaired) electrons. The van der Waals surface area contributed by atoms with E-state index in [9.17, 15) is 18.0 Å². The molecule has 4 rings (SSSR count). The molecule has 30 heavy (non-hydrogen) atoms. The van der Waals surface area contributed by atoms with Crippen molar-refractivity contribution >= 4 is 27.5 Å².